The van der Waals surface area contributed by atoms with Crippen molar-refractivity contribution in [3.05, 3.63) is 28.2 Å². The highest BCUT2D eigenvalue weighted by Crippen LogP contribution is 2.23. The van der Waals surface area contributed by atoms with Crippen LogP contribution < -0.4 is 4.72 Å². The van der Waals surface area contributed by atoms with E-state index in [4.69, 9.17) is 9.47 Å². The van der Waals surface area contributed by atoms with Gasteiger partial charge in [-0.15, -0.1) is 0 Å². The van der Waals surface area contributed by atoms with Gasteiger partial charge < -0.3 is 9.47 Å². The van der Waals surface area contributed by atoms with Gasteiger partial charge in [0.15, 0.2) is 6.29 Å². The monoisotopic (exact) mass is 351 g/mol. The van der Waals surface area contributed by atoms with Gasteiger partial charge in [-0.3, -0.25) is 0 Å². The molecule has 1 N–H and O–H groups in total. The number of methoxy groups -OCH3 is 2. The van der Waals surface area contributed by atoms with E-state index in [9.17, 15) is 8.42 Å². The summed E-state index contributed by atoms with van der Waals surface area (Å²) in [5.74, 6) is 0. The number of ether oxygens (including phenoxy) is 2. The van der Waals surface area contributed by atoms with Crippen LogP contribution in [0.1, 0.15) is 12.5 Å². The van der Waals surface area contributed by atoms with E-state index < -0.39 is 22.4 Å². The fraction of sp³-hybridized carbons (Fsp3) is 0.500. The minimum atomic E-state index is -3.63. The van der Waals surface area contributed by atoms with Crippen LogP contribution in [0.25, 0.3) is 0 Å². The lowest BCUT2D eigenvalue weighted by Crippen LogP contribution is -2.42. The van der Waals surface area contributed by atoms with E-state index in [-0.39, 0.29) is 4.90 Å². The van der Waals surface area contributed by atoms with Crippen LogP contribution in [0.2, 0.25) is 0 Å². The van der Waals surface area contributed by atoms with Gasteiger partial charge in [0.2, 0.25) is 10.0 Å². The third-order valence-electron chi connectivity index (χ3n) is 2.59. The maximum absolute atomic E-state index is 12.3. The number of aryl methyl sites for hydroxylation is 1. The van der Waals surface area contributed by atoms with E-state index in [1.807, 2.05) is 6.92 Å². The molecule has 0 fully saturated rings. The van der Waals surface area contributed by atoms with Gasteiger partial charge >= 0.3 is 0 Å². The number of sulfonamides is 1. The summed E-state index contributed by atoms with van der Waals surface area (Å²) < 4.78 is 37.6. The lowest BCUT2D eigenvalue weighted by molar-refractivity contribution is -0.115. The molecule has 0 heterocycles. The van der Waals surface area contributed by atoms with Crippen molar-refractivity contribution in [2.75, 3.05) is 14.2 Å². The molecule has 7 heteroatoms. The van der Waals surface area contributed by atoms with Crippen molar-refractivity contribution in [1.29, 1.82) is 0 Å². The molecule has 5 nitrogen and oxygen atoms in total. The van der Waals surface area contributed by atoms with Crippen LogP contribution in [-0.4, -0.2) is 35.0 Å². The Bertz CT molecular complexity index is 529. The summed E-state index contributed by atoms with van der Waals surface area (Å²) >= 11 is 3.26. The summed E-state index contributed by atoms with van der Waals surface area (Å²) in [7, 11) is -0.711. The molecule has 0 aliphatic heterocycles. The van der Waals surface area contributed by atoms with Gasteiger partial charge in [-0.2, -0.15) is 0 Å². The Morgan fingerprint density at radius 2 is 1.84 bits per heavy atom. The molecule has 0 amide bonds. The Labute approximate surface area is 122 Å². The highest BCUT2D eigenvalue weighted by Gasteiger charge is 2.25. The molecule has 1 aromatic carbocycles. The van der Waals surface area contributed by atoms with Gasteiger partial charge in [0.05, 0.1) is 10.9 Å². The zero-order valence-electron chi connectivity index (χ0n) is 11.3. The highest BCUT2D eigenvalue weighted by molar-refractivity contribution is 9.10. The van der Waals surface area contributed by atoms with Crippen LogP contribution >= 0.6 is 15.9 Å². The number of hydrogen-bond donors (Lipinski definition) is 1. The first-order valence-corrected chi connectivity index (χ1v) is 7.93. The molecule has 0 spiro atoms. The second kappa shape index (κ2) is 6.81. The fourth-order valence-corrected chi connectivity index (χ4v) is 4.11. The molecular weight excluding hydrogens is 334 g/mol. The summed E-state index contributed by atoms with van der Waals surface area (Å²) in [6.07, 6.45) is -0.640. The molecule has 19 heavy (non-hydrogen) atoms. The standard InChI is InChI=1S/C12H18BrNO4S/c1-8-5-6-11(10(13)7-8)19(15,16)14-9(2)12(17-3)18-4/h5-7,9,12,14H,1-4H3. The molecule has 1 unspecified atom stereocenters. The predicted molar refractivity (Wildman–Crippen MR) is 76.5 cm³/mol. The van der Waals surface area contributed by atoms with Crippen molar-refractivity contribution in [3.63, 3.8) is 0 Å². The Hall–Kier alpha value is -0.470. The van der Waals surface area contributed by atoms with E-state index in [0.29, 0.717) is 4.47 Å². The van der Waals surface area contributed by atoms with Crippen molar-refractivity contribution >= 4 is 26.0 Å². The second-order valence-electron chi connectivity index (χ2n) is 4.18. The maximum atomic E-state index is 12.3. The van der Waals surface area contributed by atoms with Crippen molar-refractivity contribution in [1.82, 2.24) is 4.72 Å². The molecule has 0 saturated carbocycles. The topological polar surface area (TPSA) is 64.6 Å². The van der Waals surface area contributed by atoms with Crippen molar-refractivity contribution in [2.24, 2.45) is 0 Å². The first-order valence-electron chi connectivity index (χ1n) is 5.66. The minimum Gasteiger partial charge on any atom is -0.354 e. The maximum Gasteiger partial charge on any atom is 0.242 e. The summed E-state index contributed by atoms with van der Waals surface area (Å²) in [4.78, 5) is 0.191. The Balaban J connectivity index is 2.98. The molecule has 0 bridgehead atoms. The quantitative estimate of drug-likeness (QED) is 0.796. The SMILES string of the molecule is COC(OC)C(C)NS(=O)(=O)c1ccc(C)cc1Br. The second-order valence-corrected chi connectivity index (χ2v) is 6.72. The van der Waals surface area contributed by atoms with Crippen molar-refractivity contribution in [3.8, 4) is 0 Å². The van der Waals surface area contributed by atoms with Crippen LogP contribution in [0.5, 0.6) is 0 Å². The molecule has 1 aromatic rings. The van der Waals surface area contributed by atoms with E-state index >= 15 is 0 Å². The van der Waals surface area contributed by atoms with Crippen LogP contribution in [0, 0.1) is 6.92 Å². The molecule has 0 aromatic heterocycles. The predicted octanol–water partition coefficient (Wildman–Crippen LogP) is 2.04. The lowest BCUT2D eigenvalue weighted by atomic mass is 10.2. The Morgan fingerprint density at radius 3 is 2.32 bits per heavy atom. The average Bonchev–Trinajstić information content (AvgIpc) is 2.29. The number of benzene rings is 1. The molecule has 0 saturated heterocycles. The largest absolute Gasteiger partial charge is 0.354 e. The molecule has 1 rings (SSSR count). The third kappa shape index (κ3) is 4.25. The smallest absolute Gasteiger partial charge is 0.242 e. The zero-order valence-corrected chi connectivity index (χ0v) is 13.7. The van der Waals surface area contributed by atoms with E-state index in [1.54, 1.807) is 25.1 Å². The molecule has 108 valence electrons. The summed E-state index contributed by atoms with van der Waals surface area (Å²) in [6, 6.07) is 4.55. The van der Waals surface area contributed by atoms with Gasteiger partial charge in [-0.05, 0) is 47.5 Å². The average molecular weight is 352 g/mol. The molecule has 0 radical (unpaired) electrons. The Kier molecular flexibility index (Phi) is 5.94. The molecular formula is C12H18BrNO4S. The van der Waals surface area contributed by atoms with Gasteiger partial charge in [0, 0.05) is 18.7 Å². The third-order valence-corrected chi connectivity index (χ3v) is 5.13. The number of hydrogen-bond acceptors (Lipinski definition) is 4. The fourth-order valence-electron chi connectivity index (χ4n) is 1.69. The first-order chi connectivity index (χ1) is 8.81. The van der Waals surface area contributed by atoms with Gasteiger partial charge in [0.1, 0.15) is 0 Å². The number of nitrogens with one attached hydrogen (secondary N) is 1. The van der Waals surface area contributed by atoms with Crippen LogP contribution in [0.4, 0.5) is 0 Å². The summed E-state index contributed by atoms with van der Waals surface area (Å²) in [6.45, 7) is 3.57. The van der Waals surface area contributed by atoms with E-state index in [2.05, 4.69) is 20.7 Å². The van der Waals surface area contributed by atoms with E-state index in [0.717, 1.165) is 5.56 Å². The van der Waals surface area contributed by atoms with Crippen LogP contribution in [0.3, 0.4) is 0 Å². The lowest BCUT2D eigenvalue weighted by Gasteiger charge is -2.22. The summed E-state index contributed by atoms with van der Waals surface area (Å²) in [5.41, 5.74) is 0.977. The van der Waals surface area contributed by atoms with Crippen LogP contribution in [-0.2, 0) is 19.5 Å². The zero-order chi connectivity index (χ0) is 14.6. The van der Waals surface area contributed by atoms with Gasteiger partial charge in [-0.1, -0.05) is 6.07 Å². The molecule has 1 atom stereocenters. The number of rotatable bonds is 6. The normalized spacial score (nSPS) is 13.8. The first kappa shape index (κ1) is 16.6. The van der Waals surface area contributed by atoms with Gasteiger partial charge in [-0.25, -0.2) is 13.1 Å². The van der Waals surface area contributed by atoms with Gasteiger partial charge in [0.25, 0.3) is 0 Å². The van der Waals surface area contributed by atoms with E-state index in [1.165, 1.54) is 14.2 Å². The summed E-state index contributed by atoms with van der Waals surface area (Å²) in [5, 5.41) is 0. The molecule has 0 aliphatic rings. The molecule has 0 aliphatic carbocycles. The van der Waals surface area contributed by atoms with Crippen molar-refractivity contribution in [2.45, 2.75) is 31.1 Å². The van der Waals surface area contributed by atoms with Crippen molar-refractivity contribution < 1.29 is 17.9 Å². The minimum absolute atomic E-state index is 0.191. The van der Waals surface area contributed by atoms with Crippen LogP contribution in [0.15, 0.2) is 27.6 Å². The highest BCUT2D eigenvalue weighted by atomic mass is 79.9. The Morgan fingerprint density at radius 1 is 1.26 bits per heavy atom. The number of halogens is 1.